The third kappa shape index (κ3) is 2.76. The highest BCUT2D eigenvalue weighted by Gasteiger charge is 1.96. The molecule has 0 aliphatic carbocycles. The fraction of sp³-hybridized carbons (Fsp3) is 0.167. The molecule has 0 fully saturated rings. The summed E-state index contributed by atoms with van der Waals surface area (Å²) in [6, 6.07) is 6.25. The summed E-state index contributed by atoms with van der Waals surface area (Å²) in [5.74, 6) is 0.523. The lowest BCUT2D eigenvalue weighted by Gasteiger charge is -2.05. The number of aryl methyl sites for hydroxylation is 1. The number of anilines is 1. The van der Waals surface area contributed by atoms with Crippen molar-refractivity contribution in [3.63, 3.8) is 0 Å². The molecule has 0 saturated heterocycles. The van der Waals surface area contributed by atoms with Crippen LogP contribution < -0.4 is 5.32 Å². The Bertz CT molecular complexity index is 405. The van der Waals surface area contributed by atoms with Gasteiger partial charge in [0.15, 0.2) is 0 Å². The van der Waals surface area contributed by atoms with Gasteiger partial charge in [-0.2, -0.15) is 0 Å². The maximum atomic E-state index is 12.6. The molecule has 0 aliphatic heterocycles. The molecule has 0 amide bonds. The Morgan fingerprint density at radius 3 is 2.38 bits per heavy atom. The minimum absolute atomic E-state index is 0.232. The summed E-state index contributed by atoms with van der Waals surface area (Å²) in [4.78, 5) is 8.19. The summed E-state index contributed by atoms with van der Waals surface area (Å²) < 4.78 is 12.6. The quantitative estimate of drug-likeness (QED) is 0.858. The predicted molar refractivity (Wildman–Crippen MR) is 60.5 cm³/mol. The van der Waals surface area contributed by atoms with Crippen LogP contribution in [0.15, 0.2) is 36.7 Å². The molecule has 0 unspecified atom stereocenters. The monoisotopic (exact) mass is 217 g/mol. The zero-order chi connectivity index (χ0) is 11.4. The lowest BCUT2D eigenvalue weighted by molar-refractivity contribution is 0.628. The number of aromatic nitrogens is 2. The second-order valence-electron chi connectivity index (χ2n) is 3.50. The van der Waals surface area contributed by atoms with Gasteiger partial charge in [-0.1, -0.05) is 0 Å². The summed E-state index contributed by atoms with van der Waals surface area (Å²) >= 11 is 0. The van der Waals surface area contributed by atoms with E-state index < -0.39 is 0 Å². The van der Waals surface area contributed by atoms with Gasteiger partial charge in [-0.15, -0.1) is 0 Å². The van der Waals surface area contributed by atoms with Crippen LogP contribution in [0.1, 0.15) is 11.4 Å². The van der Waals surface area contributed by atoms with Crippen molar-refractivity contribution in [3.05, 3.63) is 53.9 Å². The lowest BCUT2D eigenvalue weighted by Crippen LogP contribution is -2.01. The number of hydrogen-bond donors (Lipinski definition) is 1. The van der Waals surface area contributed by atoms with Crippen LogP contribution in [0.5, 0.6) is 0 Å². The van der Waals surface area contributed by atoms with Crippen molar-refractivity contribution in [2.75, 3.05) is 5.32 Å². The Morgan fingerprint density at radius 1 is 1.12 bits per heavy atom. The smallest absolute Gasteiger partial charge is 0.125 e. The Labute approximate surface area is 93.4 Å². The van der Waals surface area contributed by atoms with Crippen LogP contribution in [0.3, 0.4) is 0 Å². The number of benzene rings is 1. The minimum atomic E-state index is -0.232. The molecule has 0 atom stereocenters. The second-order valence-corrected chi connectivity index (χ2v) is 3.50. The van der Waals surface area contributed by atoms with Crippen molar-refractivity contribution in [1.82, 2.24) is 9.97 Å². The van der Waals surface area contributed by atoms with E-state index in [1.165, 1.54) is 12.1 Å². The van der Waals surface area contributed by atoms with E-state index in [4.69, 9.17) is 0 Å². The number of halogens is 1. The summed E-state index contributed by atoms with van der Waals surface area (Å²) in [7, 11) is 0. The van der Waals surface area contributed by atoms with Gasteiger partial charge < -0.3 is 5.32 Å². The average molecular weight is 217 g/mol. The van der Waals surface area contributed by atoms with E-state index in [1.54, 1.807) is 24.5 Å². The Balaban J connectivity index is 1.97. The molecule has 4 heteroatoms. The zero-order valence-electron chi connectivity index (χ0n) is 8.94. The molecule has 2 aromatic rings. The van der Waals surface area contributed by atoms with Gasteiger partial charge in [0.05, 0.1) is 0 Å². The van der Waals surface area contributed by atoms with Gasteiger partial charge in [0.25, 0.3) is 0 Å². The van der Waals surface area contributed by atoms with E-state index in [0.29, 0.717) is 6.54 Å². The maximum Gasteiger partial charge on any atom is 0.125 e. The molecule has 1 N–H and O–H groups in total. The van der Waals surface area contributed by atoms with E-state index >= 15 is 0 Å². The first kappa shape index (κ1) is 10.5. The van der Waals surface area contributed by atoms with Crippen LogP contribution >= 0.6 is 0 Å². The first-order valence-electron chi connectivity index (χ1n) is 5.01. The summed E-state index contributed by atoms with van der Waals surface area (Å²) in [6.07, 6.45) is 3.55. The van der Waals surface area contributed by atoms with Crippen molar-refractivity contribution in [3.8, 4) is 0 Å². The normalized spacial score (nSPS) is 10.1. The SMILES string of the molecule is Cc1ncc(CNc2ccc(F)cc2)cn1. The van der Waals surface area contributed by atoms with Gasteiger partial charge in [-0.3, -0.25) is 0 Å². The van der Waals surface area contributed by atoms with Crippen LogP contribution in [-0.2, 0) is 6.54 Å². The van der Waals surface area contributed by atoms with Crippen molar-refractivity contribution in [2.24, 2.45) is 0 Å². The van der Waals surface area contributed by atoms with Crippen LogP contribution in [0, 0.1) is 12.7 Å². The molecule has 1 aromatic carbocycles. The van der Waals surface area contributed by atoms with Gasteiger partial charge in [-0.05, 0) is 31.2 Å². The average Bonchev–Trinajstić information content (AvgIpc) is 2.30. The molecule has 82 valence electrons. The summed E-state index contributed by atoms with van der Waals surface area (Å²) in [5.41, 5.74) is 1.87. The molecule has 2 rings (SSSR count). The van der Waals surface area contributed by atoms with Crippen molar-refractivity contribution >= 4 is 5.69 Å². The standard InChI is InChI=1S/C12H12FN3/c1-9-14-6-10(7-15-9)8-16-12-4-2-11(13)3-5-12/h2-7,16H,8H2,1H3. The van der Waals surface area contributed by atoms with Crippen LogP contribution in [0.4, 0.5) is 10.1 Å². The van der Waals surface area contributed by atoms with Crippen molar-refractivity contribution in [2.45, 2.75) is 13.5 Å². The van der Waals surface area contributed by atoms with Gasteiger partial charge >= 0.3 is 0 Å². The summed E-state index contributed by atoms with van der Waals surface area (Å²) in [6.45, 7) is 2.48. The molecule has 1 heterocycles. The number of nitrogens with one attached hydrogen (secondary N) is 1. The molecule has 0 spiro atoms. The molecule has 0 radical (unpaired) electrons. The van der Waals surface area contributed by atoms with E-state index in [2.05, 4.69) is 15.3 Å². The Hall–Kier alpha value is -1.97. The number of rotatable bonds is 3. The molecule has 3 nitrogen and oxygen atoms in total. The Morgan fingerprint density at radius 2 is 1.75 bits per heavy atom. The molecule has 16 heavy (non-hydrogen) atoms. The van der Waals surface area contributed by atoms with E-state index in [0.717, 1.165) is 17.1 Å². The maximum absolute atomic E-state index is 12.6. The highest BCUT2D eigenvalue weighted by molar-refractivity contribution is 5.43. The van der Waals surface area contributed by atoms with Gasteiger partial charge in [-0.25, -0.2) is 14.4 Å². The first-order chi connectivity index (χ1) is 7.74. The molecule has 0 aliphatic rings. The van der Waals surface area contributed by atoms with E-state index in [9.17, 15) is 4.39 Å². The topological polar surface area (TPSA) is 37.8 Å². The predicted octanol–water partition coefficient (Wildman–Crippen LogP) is 2.54. The van der Waals surface area contributed by atoms with Crippen LogP contribution in [0.2, 0.25) is 0 Å². The third-order valence-electron chi connectivity index (χ3n) is 2.18. The zero-order valence-corrected chi connectivity index (χ0v) is 8.94. The highest BCUT2D eigenvalue weighted by atomic mass is 19.1. The molecule has 0 bridgehead atoms. The Kier molecular flexibility index (Phi) is 3.10. The molecule has 1 aromatic heterocycles. The lowest BCUT2D eigenvalue weighted by atomic mass is 10.3. The van der Waals surface area contributed by atoms with Crippen molar-refractivity contribution < 1.29 is 4.39 Å². The first-order valence-corrected chi connectivity index (χ1v) is 5.01. The molecule has 0 saturated carbocycles. The second kappa shape index (κ2) is 4.70. The van der Waals surface area contributed by atoms with E-state index in [-0.39, 0.29) is 5.82 Å². The highest BCUT2D eigenvalue weighted by Crippen LogP contribution is 2.09. The summed E-state index contributed by atoms with van der Waals surface area (Å²) in [5, 5.41) is 3.16. The fourth-order valence-corrected chi connectivity index (χ4v) is 1.28. The number of hydrogen-bond acceptors (Lipinski definition) is 3. The van der Waals surface area contributed by atoms with Crippen molar-refractivity contribution in [1.29, 1.82) is 0 Å². The fourth-order valence-electron chi connectivity index (χ4n) is 1.28. The largest absolute Gasteiger partial charge is 0.381 e. The van der Waals surface area contributed by atoms with Gasteiger partial charge in [0, 0.05) is 30.2 Å². The third-order valence-corrected chi connectivity index (χ3v) is 2.18. The van der Waals surface area contributed by atoms with Crippen LogP contribution in [0.25, 0.3) is 0 Å². The van der Waals surface area contributed by atoms with E-state index in [1.807, 2.05) is 6.92 Å². The van der Waals surface area contributed by atoms with Gasteiger partial charge in [0.2, 0.25) is 0 Å². The van der Waals surface area contributed by atoms with Crippen LogP contribution in [-0.4, -0.2) is 9.97 Å². The molecular weight excluding hydrogens is 205 g/mol. The minimum Gasteiger partial charge on any atom is -0.381 e. The molecular formula is C12H12FN3. The number of nitrogens with zero attached hydrogens (tertiary/aromatic N) is 2. The van der Waals surface area contributed by atoms with Gasteiger partial charge in [0.1, 0.15) is 11.6 Å².